The number of hydrogen-bond donors (Lipinski definition) is 3. The largest absolute Gasteiger partial charge is 0.368 e. The molecule has 158 valence electrons. The molecule has 0 aliphatic carbocycles. The molecular formula is C19H27FN6O2S. The summed E-state index contributed by atoms with van der Waals surface area (Å²) in [7, 11) is -3.42. The minimum absolute atomic E-state index is 0.116. The lowest BCUT2D eigenvalue weighted by atomic mass is 10.1. The molecule has 3 rings (SSSR count). The molecule has 3 N–H and O–H groups in total. The molecule has 0 bridgehead atoms. The fourth-order valence-corrected chi connectivity index (χ4v) is 4.33. The van der Waals surface area contributed by atoms with Gasteiger partial charge in [-0.1, -0.05) is 18.2 Å². The van der Waals surface area contributed by atoms with E-state index in [0.717, 1.165) is 26.2 Å². The Kier molecular flexibility index (Phi) is 6.99. The lowest BCUT2D eigenvalue weighted by molar-refractivity contribution is 0.570. The second-order valence-corrected chi connectivity index (χ2v) is 9.04. The molecule has 1 aliphatic heterocycles. The van der Waals surface area contributed by atoms with Crippen LogP contribution in [0.4, 0.5) is 16.2 Å². The molecule has 0 atom stereocenters. The van der Waals surface area contributed by atoms with Gasteiger partial charge >= 0.3 is 0 Å². The molecule has 1 aromatic heterocycles. The Bertz CT molecular complexity index is 932. The van der Waals surface area contributed by atoms with E-state index in [1.807, 2.05) is 4.90 Å². The van der Waals surface area contributed by atoms with Crippen molar-refractivity contribution in [3.8, 4) is 11.1 Å². The average Bonchev–Trinajstić information content (AvgIpc) is 2.68. The van der Waals surface area contributed by atoms with Crippen LogP contribution < -0.4 is 20.3 Å². The van der Waals surface area contributed by atoms with Gasteiger partial charge in [-0.3, -0.25) is 0 Å². The van der Waals surface area contributed by atoms with Crippen LogP contribution in [0.5, 0.6) is 0 Å². The normalized spacial score (nSPS) is 15.0. The van der Waals surface area contributed by atoms with Crippen molar-refractivity contribution in [2.24, 2.45) is 0 Å². The summed E-state index contributed by atoms with van der Waals surface area (Å²) in [5, 5.41) is 6.34. The molecule has 0 unspecified atom stereocenters. The zero-order valence-electron chi connectivity index (χ0n) is 16.7. The van der Waals surface area contributed by atoms with Crippen LogP contribution in [0, 0.1) is 5.82 Å². The van der Waals surface area contributed by atoms with Gasteiger partial charge in [-0.05, 0) is 19.9 Å². The molecule has 0 amide bonds. The van der Waals surface area contributed by atoms with Crippen LogP contribution in [0.3, 0.4) is 0 Å². The summed E-state index contributed by atoms with van der Waals surface area (Å²) in [5.74, 6) is 0.452. The van der Waals surface area contributed by atoms with Gasteiger partial charge in [0.1, 0.15) is 11.6 Å². The molecule has 0 spiro atoms. The first-order valence-electron chi connectivity index (χ1n) is 9.67. The van der Waals surface area contributed by atoms with E-state index in [1.165, 1.54) is 6.07 Å². The fourth-order valence-electron chi connectivity index (χ4n) is 3.12. The second kappa shape index (κ2) is 9.47. The average molecular weight is 423 g/mol. The molecule has 1 aliphatic rings. The minimum atomic E-state index is -3.42. The molecule has 2 aromatic rings. The molecule has 10 heteroatoms. The number of nitrogens with zero attached hydrogens (tertiary/aromatic N) is 3. The van der Waals surface area contributed by atoms with Crippen molar-refractivity contribution >= 4 is 21.8 Å². The first-order valence-corrected chi connectivity index (χ1v) is 11.3. The van der Waals surface area contributed by atoms with Gasteiger partial charge in [-0.25, -0.2) is 22.5 Å². The van der Waals surface area contributed by atoms with Gasteiger partial charge < -0.3 is 15.5 Å². The van der Waals surface area contributed by atoms with Crippen molar-refractivity contribution in [2.45, 2.75) is 19.9 Å². The number of benzene rings is 1. The summed E-state index contributed by atoms with van der Waals surface area (Å²) >= 11 is 0. The number of nitrogens with one attached hydrogen (secondary N) is 3. The van der Waals surface area contributed by atoms with E-state index in [-0.39, 0.29) is 24.2 Å². The Hall–Kier alpha value is -2.30. The summed E-state index contributed by atoms with van der Waals surface area (Å²) in [6, 6.07) is 6.21. The van der Waals surface area contributed by atoms with Gasteiger partial charge in [0.15, 0.2) is 0 Å². The monoisotopic (exact) mass is 422 g/mol. The van der Waals surface area contributed by atoms with Crippen LogP contribution in [0.25, 0.3) is 11.1 Å². The Morgan fingerprint density at radius 1 is 1.21 bits per heavy atom. The van der Waals surface area contributed by atoms with Crippen molar-refractivity contribution in [1.82, 2.24) is 20.0 Å². The number of aromatic nitrogens is 2. The Morgan fingerprint density at radius 2 is 1.93 bits per heavy atom. The van der Waals surface area contributed by atoms with Crippen molar-refractivity contribution in [1.29, 1.82) is 0 Å². The summed E-state index contributed by atoms with van der Waals surface area (Å²) in [6.45, 7) is 6.88. The van der Waals surface area contributed by atoms with E-state index in [1.54, 1.807) is 38.2 Å². The molecule has 1 aromatic carbocycles. The number of halogens is 1. The van der Waals surface area contributed by atoms with E-state index < -0.39 is 10.0 Å². The third-order valence-electron chi connectivity index (χ3n) is 4.42. The lowest BCUT2D eigenvalue weighted by Gasteiger charge is -2.28. The molecule has 2 heterocycles. The molecule has 1 saturated heterocycles. The number of anilines is 2. The number of piperazine rings is 1. The zero-order valence-corrected chi connectivity index (χ0v) is 17.5. The summed E-state index contributed by atoms with van der Waals surface area (Å²) in [5.41, 5.74) is 0.862. The first kappa shape index (κ1) is 21.4. The van der Waals surface area contributed by atoms with Crippen molar-refractivity contribution < 1.29 is 12.8 Å². The van der Waals surface area contributed by atoms with Gasteiger partial charge in [0.05, 0.1) is 5.75 Å². The number of rotatable bonds is 8. The first-order chi connectivity index (χ1) is 13.9. The van der Waals surface area contributed by atoms with Crippen LogP contribution >= 0.6 is 0 Å². The van der Waals surface area contributed by atoms with Crippen molar-refractivity contribution in [3.05, 3.63) is 36.3 Å². The molecular weight excluding hydrogens is 395 g/mol. The van der Waals surface area contributed by atoms with Crippen molar-refractivity contribution in [3.63, 3.8) is 0 Å². The highest BCUT2D eigenvalue weighted by Gasteiger charge is 2.18. The van der Waals surface area contributed by atoms with E-state index in [4.69, 9.17) is 0 Å². The third kappa shape index (κ3) is 5.84. The SMILES string of the molecule is CC(C)NS(=O)(=O)CCNc1nc(N2CCNCC2)ncc1-c1ccccc1F. The fraction of sp³-hybridized carbons (Fsp3) is 0.474. The maximum absolute atomic E-state index is 14.4. The maximum atomic E-state index is 14.4. The highest BCUT2D eigenvalue weighted by molar-refractivity contribution is 7.89. The molecule has 1 fully saturated rings. The van der Waals surface area contributed by atoms with Crippen LogP contribution in [0.2, 0.25) is 0 Å². The number of hydrogen-bond acceptors (Lipinski definition) is 7. The summed E-state index contributed by atoms with van der Waals surface area (Å²) in [6.07, 6.45) is 1.59. The van der Waals surface area contributed by atoms with Crippen LogP contribution in [0.15, 0.2) is 30.5 Å². The van der Waals surface area contributed by atoms with E-state index in [9.17, 15) is 12.8 Å². The van der Waals surface area contributed by atoms with Gasteiger partial charge in [0.2, 0.25) is 16.0 Å². The Balaban J connectivity index is 1.85. The van der Waals surface area contributed by atoms with E-state index in [2.05, 4.69) is 25.3 Å². The quantitative estimate of drug-likeness (QED) is 0.592. The lowest BCUT2D eigenvalue weighted by Crippen LogP contribution is -2.44. The van der Waals surface area contributed by atoms with E-state index in [0.29, 0.717) is 22.9 Å². The summed E-state index contributed by atoms with van der Waals surface area (Å²) < 4.78 is 41.1. The second-order valence-electron chi connectivity index (χ2n) is 7.17. The van der Waals surface area contributed by atoms with Gasteiger partial charge in [0, 0.05) is 56.1 Å². The van der Waals surface area contributed by atoms with Crippen LogP contribution in [-0.2, 0) is 10.0 Å². The molecule has 29 heavy (non-hydrogen) atoms. The highest BCUT2D eigenvalue weighted by atomic mass is 32.2. The Morgan fingerprint density at radius 3 is 2.62 bits per heavy atom. The molecule has 8 nitrogen and oxygen atoms in total. The van der Waals surface area contributed by atoms with Crippen LogP contribution in [-0.4, -0.2) is 62.9 Å². The van der Waals surface area contributed by atoms with Crippen LogP contribution in [0.1, 0.15) is 13.8 Å². The zero-order chi connectivity index (χ0) is 20.9. The van der Waals surface area contributed by atoms with E-state index >= 15 is 0 Å². The molecule has 0 radical (unpaired) electrons. The predicted octanol–water partition coefficient (Wildman–Crippen LogP) is 1.43. The molecule has 0 saturated carbocycles. The standard InChI is InChI=1S/C19H27FN6O2S/c1-14(2)25-29(27,28)12-9-22-18-16(15-5-3-4-6-17(15)20)13-23-19(24-18)26-10-7-21-8-11-26/h3-6,13-14,21,25H,7-12H2,1-2H3,(H,22,23,24). The minimum Gasteiger partial charge on any atom is -0.368 e. The van der Waals surface area contributed by atoms with Gasteiger partial charge in [-0.15, -0.1) is 0 Å². The maximum Gasteiger partial charge on any atom is 0.227 e. The highest BCUT2D eigenvalue weighted by Crippen LogP contribution is 2.29. The number of sulfonamides is 1. The van der Waals surface area contributed by atoms with Gasteiger partial charge in [-0.2, -0.15) is 4.98 Å². The third-order valence-corrected chi connectivity index (χ3v) is 5.99. The predicted molar refractivity (Wildman–Crippen MR) is 113 cm³/mol. The topological polar surface area (TPSA) is 99.2 Å². The summed E-state index contributed by atoms with van der Waals surface area (Å²) in [4.78, 5) is 11.1. The smallest absolute Gasteiger partial charge is 0.227 e. The Labute approximate surface area is 171 Å². The van der Waals surface area contributed by atoms with Gasteiger partial charge in [0.25, 0.3) is 0 Å². The van der Waals surface area contributed by atoms with Crippen molar-refractivity contribution in [2.75, 3.05) is 48.7 Å².